The summed E-state index contributed by atoms with van der Waals surface area (Å²) in [5.74, 6) is -0.650. The molecule has 3 aromatic rings. The smallest absolute Gasteiger partial charge is 0.231 e. The Balaban J connectivity index is 1.27. The fourth-order valence-corrected chi connectivity index (χ4v) is 4.93. The first kappa shape index (κ1) is 21.1. The zero-order valence-electron chi connectivity index (χ0n) is 17.7. The molecule has 0 saturated carbocycles. The molecular weight excluding hydrogens is 453 g/mol. The molecule has 3 fully saturated rings. The van der Waals surface area contributed by atoms with Gasteiger partial charge in [-0.2, -0.15) is 4.39 Å². The van der Waals surface area contributed by atoms with E-state index in [9.17, 15) is 5.11 Å². The molecule has 4 atom stereocenters. The predicted molar refractivity (Wildman–Crippen MR) is 119 cm³/mol. The second-order valence-electron chi connectivity index (χ2n) is 8.45. The van der Waals surface area contributed by atoms with Crippen LogP contribution >= 0.6 is 11.6 Å². The van der Waals surface area contributed by atoms with Crippen molar-refractivity contribution in [2.45, 2.75) is 24.4 Å². The number of aliphatic hydroxyl groups excluding tert-OH is 1. The molecule has 0 radical (unpaired) electrons. The van der Waals surface area contributed by atoms with Crippen LogP contribution in [-0.4, -0.2) is 79.0 Å². The zero-order valence-corrected chi connectivity index (χ0v) is 18.4. The van der Waals surface area contributed by atoms with Crippen LogP contribution in [0.4, 0.5) is 10.1 Å². The van der Waals surface area contributed by atoms with E-state index in [1.807, 2.05) is 24.3 Å². The summed E-state index contributed by atoms with van der Waals surface area (Å²) in [7, 11) is 0. The third kappa shape index (κ3) is 3.74. The molecule has 3 aliphatic heterocycles. The average Bonchev–Trinajstić information content (AvgIpc) is 3.50. The molecule has 2 N–H and O–H groups in total. The van der Waals surface area contributed by atoms with Crippen LogP contribution in [0.15, 0.2) is 30.3 Å². The van der Waals surface area contributed by atoms with Crippen molar-refractivity contribution in [1.29, 1.82) is 0 Å². The molecule has 3 saturated heterocycles. The molecule has 0 spiro atoms. The summed E-state index contributed by atoms with van der Waals surface area (Å²) in [6.07, 6.45) is -2.13. The van der Waals surface area contributed by atoms with Crippen molar-refractivity contribution in [2.75, 3.05) is 44.4 Å². The van der Waals surface area contributed by atoms with Gasteiger partial charge in [0.25, 0.3) is 0 Å². The second kappa shape index (κ2) is 8.41. The molecule has 0 aliphatic carbocycles. The lowest BCUT2D eigenvalue weighted by molar-refractivity contribution is 0.00723. The number of nitrogens with one attached hydrogen (secondary N) is 1. The summed E-state index contributed by atoms with van der Waals surface area (Å²) in [5, 5.41) is 10.3. The molecule has 10 heteroatoms. The minimum absolute atomic E-state index is 0.0485. The van der Waals surface area contributed by atoms with Crippen molar-refractivity contribution in [3.05, 3.63) is 41.2 Å². The van der Waals surface area contributed by atoms with Gasteiger partial charge in [-0.3, -0.25) is 0 Å². The van der Waals surface area contributed by atoms with Crippen LogP contribution < -0.4 is 9.64 Å². The second-order valence-corrected chi connectivity index (χ2v) is 8.86. The monoisotopic (exact) mass is 475 g/mol. The Hall–Kier alpha value is -2.43. The Bertz CT molecular complexity index is 1170. The van der Waals surface area contributed by atoms with Gasteiger partial charge in [-0.15, -0.1) is 0 Å². The van der Waals surface area contributed by atoms with Gasteiger partial charge in [-0.05, 0) is 18.2 Å². The number of anilines is 1. The van der Waals surface area contributed by atoms with Crippen molar-refractivity contribution >= 4 is 28.3 Å². The molecule has 33 heavy (non-hydrogen) atoms. The number of hydrogen-bond donors (Lipinski definition) is 2. The van der Waals surface area contributed by atoms with E-state index in [2.05, 4.69) is 14.9 Å². The number of aromatic nitrogens is 2. The predicted octanol–water partition coefficient (Wildman–Crippen LogP) is 2.76. The lowest BCUT2D eigenvalue weighted by Gasteiger charge is -2.28. The number of pyridine rings is 1. The first-order valence-electron chi connectivity index (χ1n) is 11.0. The molecule has 0 bridgehead atoms. The van der Waals surface area contributed by atoms with Crippen molar-refractivity contribution in [2.24, 2.45) is 0 Å². The first-order valence-corrected chi connectivity index (χ1v) is 11.3. The van der Waals surface area contributed by atoms with Gasteiger partial charge in [0.05, 0.1) is 42.7 Å². The third-order valence-electron chi connectivity index (χ3n) is 6.40. The summed E-state index contributed by atoms with van der Waals surface area (Å²) in [6, 6.07) is 9.54. The standard InChI is InChI=1S/C23H23ClFN3O5/c24-14-9-15-20(18(25)23(26-15)33-17-11-32-21-16(29)10-31-22(17)21)27-19(14)12-1-3-13(4-2-12)28-5-7-30-8-6-28/h1-4,9,16-17,21-22,26,29H,5-8,10-11H2/t16-,17-,21-,22-/m1/s1. The summed E-state index contributed by atoms with van der Waals surface area (Å²) in [6.45, 7) is 3.50. The molecule has 6 rings (SSSR count). The number of rotatable bonds is 4. The van der Waals surface area contributed by atoms with E-state index in [1.165, 1.54) is 0 Å². The molecule has 3 aliphatic rings. The topological polar surface area (TPSA) is 89.1 Å². The molecule has 2 aromatic heterocycles. The van der Waals surface area contributed by atoms with E-state index >= 15 is 4.39 Å². The van der Waals surface area contributed by atoms with Crippen LogP contribution in [0.1, 0.15) is 0 Å². The third-order valence-corrected chi connectivity index (χ3v) is 6.69. The van der Waals surface area contributed by atoms with E-state index in [4.69, 9.17) is 30.5 Å². The zero-order chi connectivity index (χ0) is 22.5. The molecule has 0 unspecified atom stereocenters. The van der Waals surface area contributed by atoms with E-state index in [-0.39, 0.29) is 24.6 Å². The van der Waals surface area contributed by atoms with Gasteiger partial charge in [-0.1, -0.05) is 23.7 Å². The Morgan fingerprint density at radius 1 is 1.12 bits per heavy atom. The van der Waals surface area contributed by atoms with Gasteiger partial charge >= 0.3 is 0 Å². The van der Waals surface area contributed by atoms with E-state index in [0.717, 1.165) is 24.3 Å². The van der Waals surface area contributed by atoms with Crippen LogP contribution in [0.25, 0.3) is 22.3 Å². The van der Waals surface area contributed by atoms with Gasteiger partial charge in [0.15, 0.2) is 6.10 Å². The maximum absolute atomic E-state index is 15.2. The van der Waals surface area contributed by atoms with Gasteiger partial charge < -0.3 is 33.9 Å². The minimum Gasteiger partial charge on any atom is -0.468 e. The first-order chi connectivity index (χ1) is 16.1. The molecule has 174 valence electrons. The van der Waals surface area contributed by atoms with Crippen molar-refractivity contribution in [3.63, 3.8) is 0 Å². The van der Waals surface area contributed by atoms with Crippen molar-refractivity contribution < 1.29 is 28.4 Å². The number of hydrogen-bond acceptors (Lipinski definition) is 7. The van der Waals surface area contributed by atoms with Gasteiger partial charge in [0, 0.05) is 24.3 Å². The number of H-pyrrole nitrogens is 1. The van der Waals surface area contributed by atoms with Crippen molar-refractivity contribution in [1.82, 2.24) is 9.97 Å². The van der Waals surface area contributed by atoms with Gasteiger partial charge in [-0.25, -0.2) is 4.98 Å². The molecule has 8 nitrogen and oxygen atoms in total. The quantitative estimate of drug-likeness (QED) is 0.599. The van der Waals surface area contributed by atoms with Crippen molar-refractivity contribution in [3.8, 4) is 17.1 Å². The number of benzene rings is 1. The maximum atomic E-state index is 15.2. The number of ether oxygens (including phenoxy) is 4. The maximum Gasteiger partial charge on any atom is 0.231 e. The minimum atomic E-state index is -0.700. The van der Waals surface area contributed by atoms with E-state index in [1.54, 1.807) is 6.07 Å². The summed E-state index contributed by atoms with van der Waals surface area (Å²) < 4.78 is 37.6. The molecular formula is C23H23ClFN3O5. The number of morpholine rings is 1. The van der Waals surface area contributed by atoms with Crippen LogP contribution in [0, 0.1) is 5.82 Å². The highest BCUT2D eigenvalue weighted by atomic mass is 35.5. The van der Waals surface area contributed by atoms with Crippen LogP contribution in [-0.2, 0) is 14.2 Å². The van der Waals surface area contributed by atoms with Crippen LogP contribution in [0.5, 0.6) is 5.88 Å². The van der Waals surface area contributed by atoms with E-state index < -0.39 is 30.2 Å². The highest BCUT2D eigenvalue weighted by Gasteiger charge is 2.48. The van der Waals surface area contributed by atoms with Gasteiger partial charge in [0.2, 0.25) is 11.7 Å². The highest BCUT2D eigenvalue weighted by molar-refractivity contribution is 6.33. The molecule has 0 amide bonds. The number of fused-ring (bicyclic) bond motifs is 2. The largest absolute Gasteiger partial charge is 0.468 e. The van der Waals surface area contributed by atoms with E-state index in [0.29, 0.717) is 29.4 Å². The van der Waals surface area contributed by atoms with Crippen LogP contribution in [0.3, 0.4) is 0 Å². The fraction of sp³-hybridized carbons (Fsp3) is 0.435. The normalized spacial score (nSPS) is 27.3. The Morgan fingerprint density at radius 3 is 2.67 bits per heavy atom. The lowest BCUT2D eigenvalue weighted by atomic mass is 10.1. The summed E-state index contributed by atoms with van der Waals surface area (Å²) >= 11 is 6.51. The summed E-state index contributed by atoms with van der Waals surface area (Å²) in [5.41, 5.74) is 2.96. The number of aromatic amines is 1. The molecule has 1 aromatic carbocycles. The Kier molecular flexibility index (Phi) is 5.38. The SMILES string of the molecule is O[C@@H]1CO[C@H]2[C@@H]1OC[C@H]2Oc1[nH]c2cc(Cl)c(-c3ccc(N4CCOCC4)cc3)nc2c1F. The fourth-order valence-electron chi connectivity index (χ4n) is 4.67. The summed E-state index contributed by atoms with van der Waals surface area (Å²) in [4.78, 5) is 9.68. The number of halogens is 2. The Labute approximate surface area is 194 Å². The van der Waals surface area contributed by atoms with Crippen LogP contribution in [0.2, 0.25) is 5.02 Å². The molecule has 5 heterocycles. The Morgan fingerprint density at radius 2 is 1.88 bits per heavy atom. The van der Waals surface area contributed by atoms with Gasteiger partial charge in [0.1, 0.15) is 23.8 Å². The lowest BCUT2D eigenvalue weighted by Crippen LogP contribution is -2.36. The number of nitrogens with zero attached hydrogens (tertiary/aromatic N) is 2. The number of aliphatic hydroxyl groups is 1. The highest BCUT2D eigenvalue weighted by Crippen LogP contribution is 2.36. The average molecular weight is 476 g/mol.